The Balaban J connectivity index is 1.62. The second kappa shape index (κ2) is 13.8. The smallest absolute Gasteiger partial charge is 0.271 e. The number of nitrogens with zero attached hydrogens (tertiary/aromatic N) is 4. The van der Waals surface area contributed by atoms with Crippen molar-refractivity contribution in [1.29, 1.82) is 0 Å². The predicted molar refractivity (Wildman–Crippen MR) is 191 cm³/mol. The first kappa shape index (κ1) is 33.2. The number of carbonyl (C=O) groups is 1. The van der Waals surface area contributed by atoms with Gasteiger partial charge in [-0.3, -0.25) is 24.3 Å². The monoisotopic (exact) mass is 698 g/mol. The van der Waals surface area contributed by atoms with Gasteiger partial charge in [0, 0.05) is 45.6 Å². The Morgan fingerprint density at radius 2 is 1.83 bits per heavy atom. The average molecular weight is 699 g/mol. The molecule has 0 fully saturated rings. The molecule has 0 bridgehead atoms. The van der Waals surface area contributed by atoms with Gasteiger partial charge < -0.3 is 9.64 Å². The summed E-state index contributed by atoms with van der Waals surface area (Å²) in [5.41, 5.74) is 1.61. The van der Waals surface area contributed by atoms with Crippen molar-refractivity contribution < 1.29 is 14.5 Å². The molecule has 9 nitrogen and oxygen atoms in total. The molecule has 0 aliphatic carbocycles. The van der Waals surface area contributed by atoms with E-state index in [1.807, 2.05) is 62.4 Å². The number of fused-ring (bicyclic) bond motifs is 2. The normalized spacial score (nSPS) is 14.5. The van der Waals surface area contributed by atoms with E-state index in [-0.39, 0.29) is 17.2 Å². The molecule has 48 heavy (non-hydrogen) atoms. The van der Waals surface area contributed by atoms with Crippen molar-refractivity contribution in [3.63, 3.8) is 0 Å². The number of ether oxygens (including phenoxy) is 1. The summed E-state index contributed by atoms with van der Waals surface area (Å²) in [6.07, 6.45) is 1.66. The average Bonchev–Trinajstić information content (AvgIpc) is 3.39. The third-order valence-electron chi connectivity index (χ3n) is 8.26. The van der Waals surface area contributed by atoms with E-state index < -0.39 is 11.0 Å². The molecule has 1 atom stereocenters. The Hall–Kier alpha value is -4.71. The summed E-state index contributed by atoms with van der Waals surface area (Å²) in [6, 6.07) is 22.6. The van der Waals surface area contributed by atoms with Gasteiger partial charge in [-0.2, -0.15) is 0 Å². The van der Waals surface area contributed by atoms with Gasteiger partial charge in [0.15, 0.2) is 4.80 Å². The van der Waals surface area contributed by atoms with E-state index in [1.54, 1.807) is 47.8 Å². The van der Waals surface area contributed by atoms with Gasteiger partial charge in [-0.1, -0.05) is 65.0 Å². The van der Waals surface area contributed by atoms with Gasteiger partial charge >= 0.3 is 0 Å². The van der Waals surface area contributed by atoms with E-state index >= 15 is 0 Å². The van der Waals surface area contributed by atoms with Crippen LogP contribution in [0.3, 0.4) is 0 Å². The van der Waals surface area contributed by atoms with Crippen LogP contribution in [-0.4, -0.2) is 40.5 Å². The predicted octanol–water partition coefficient (Wildman–Crippen LogP) is 6.98. The highest BCUT2D eigenvalue weighted by Crippen LogP contribution is 2.41. The number of amides is 1. The van der Waals surface area contributed by atoms with Gasteiger partial charge in [-0.15, -0.1) is 0 Å². The molecular weight excluding hydrogens is 668 g/mol. The molecule has 1 amide bonds. The molecule has 0 spiro atoms. The van der Waals surface area contributed by atoms with Gasteiger partial charge in [0.25, 0.3) is 17.2 Å². The largest absolute Gasteiger partial charge is 0.496 e. The fourth-order valence-corrected chi connectivity index (χ4v) is 7.97. The van der Waals surface area contributed by atoms with Crippen LogP contribution in [0.5, 0.6) is 5.75 Å². The summed E-state index contributed by atoms with van der Waals surface area (Å²) < 4.78 is 7.77. The fraction of sp³-hybridized carbons (Fsp3) is 0.194. The maximum atomic E-state index is 14.6. The molecule has 0 N–H and O–H groups in total. The van der Waals surface area contributed by atoms with Crippen molar-refractivity contribution in [3.05, 3.63) is 136 Å². The SMILES string of the molecule is CCN(CC)C(=O)C1=C(C)N=c2s/c(=C\c3cc([N+](=O)[O-])ccc3Sc3ccc(Cl)cc3)c(=O)n2[C@H]1c1c(OC)ccc2ccccc12. The molecule has 0 radical (unpaired) electrons. The highest BCUT2D eigenvalue weighted by Gasteiger charge is 2.36. The number of aromatic nitrogens is 1. The van der Waals surface area contributed by atoms with Crippen molar-refractivity contribution in [3.8, 4) is 5.75 Å². The zero-order valence-electron chi connectivity index (χ0n) is 26.6. The van der Waals surface area contributed by atoms with Crippen LogP contribution in [0.25, 0.3) is 16.8 Å². The second-order valence-electron chi connectivity index (χ2n) is 11.0. The molecule has 1 aliphatic heterocycles. The van der Waals surface area contributed by atoms with Crippen LogP contribution < -0.4 is 19.6 Å². The van der Waals surface area contributed by atoms with Crippen LogP contribution >= 0.6 is 34.7 Å². The van der Waals surface area contributed by atoms with Crippen LogP contribution in [0.15, 0.2) is 110 Å². The van der Waals surface area contributed by atoms with E-state index in [1.165, 1.54) is 35.2 Å². The number of nitro groups is 1. The minimum atomic E-state index is -0.842. The third kappa shape index (κ3) is 6.16. The molecule has 0 unspecified atom stereocenters. The van der Waals surface area contributed by atoms with E-state index in [0.717, 1.165) is 20.6 Å². The molecule has 1 aliphatic rings. The molecule has 244 valence electrons. The molecule has 6 rings (SSSR count). The number of allylic oxidation sites excluding steroid dienone is 1. The maximum Gasteiger partial charge on any atom is 0.271 e. The molecule has 1 aromatic heterocycles. The molecule has 0 saturated heterocycles. The first-order valence-corrected chi connectivity index (χ1v) is 17.3. The number of benzene rings is 4. The Bertz CT molecular complexity index is 2290. The lowest BCUT2D eigenvalue weighted by Gasteiger charge is -2.30. The van der Waals surface area contributed by atoms with Crippen molar-refractivity contribution in [2.75, 3.05) is 20.2 Å². The number of hydrogen-bond acceptors (Lipinski definition) is 8. The molecule has 12 heteroatoms. The Morgan fingerprint density at radius 3 is 2.52 bits per heavy atom. The van der Waals surface area contributed by atoms with Gasteiger partial charge in [0.1, 0.15) is 11.8 Å². The number of non-ortho nitro benzene ring substituents is 1. The number of halogens is 1. The number of carbonyl (C=O) groups excluding carboxylic acids is 1. The molecular formula is C36H31ClN4O5S2. The lowest BCUT2D eigenvalue weighted by Crippen LogP contribution is -2.43. The lowest BCUT2D eigenvalue weighted by atomic mass is 9.90. The lowest BCUT2D eigenvalue weighted by molar-refractivity contribution is -0.384. The summed E-state index contributed by atoms with van der Waals surface area (Å²) in [4.78, 5) is 48.7. The number of likely N-dealkylation sites (N-methyl/N-ethyl adjacent to an activating group) is 1. The number of rotatable bonds is 9. The molecule has 4 aromatic carbocycles. The Kier molecular flexibility index (Phi) is 9.54. The summed E-state index contributed by atoms with van der Waals surface area (Å²) in [5, 5.41) is 14.2. The van der Waals surface area contributed by atoms with E-state index in [9.17, 15) is 19.7 Å². The first-order valence-electron chi connectivity index (χ1n) is 15.2. The standard InChI is InChI=1S/C36H31ClN4O5S2/c1-5-39(6-2)35(43)31-21(3)38-36-40(33(31)32-27-10-8-7-9-22(27)11-17-28(32)46-4)34(42)30(48-36)20-23-19-25(41(44)45)14-18-29(23)47-26-15-12-24(37)13-16-26/h7-20,33H,5-6H2,1-4H3/b30-20-/t33-/m1/s1. The Labute approximate surface area is 289 Å². The highest BCUT2D eigenvalue weighted by molar-refractivity contribution is 7.99. The van der Waals surface area contributed by atoms with Gasteiger partial charge in [-0.25, -0.2) is 4.99 Å². The number of thiazole rings is 1. The minimum Gasteiger partial charge on any atom is -0.496 e. The minimum absolute atomic E-state index is 0.101. The quantitative estimate of drug-likeness (QED) is 0.122. The topological polar surface area (TPSA) is 107 Å². The first-order chi connectivity index (χ1) is 23.1. The zero-order chi connectivity index (χ0) is 34.1. The summed E-state index contributed by atoms with van der Waals surface area (Å²) in [7, 11) is 1.57. The molecule has 2 heterocycles. The molecule has 0 saturated carbocycles. The van der Waals surface area contributed by atoms with Crippen LogP contribution in [0.4, 0.5) is 5.69 Å². The maximum absolute atomic E-state index is 14.6. The fourth-order valence-electron chi connectivity index (χ4n) is 5.91. The number of hydrogen-bond donors (Lipinski definition) is 0. The van der Waals surface area contributed by atoms with Crippen molar-refractivity contribution in [1.82, 2.24) is 9.47 Å². The van der Waals surface area contributed by atoms with E-state index in [0.29, 0.717) is 55.6 Å². The number of nitro benzene ring substituents is 1. The van der Waals surface area contributed by atoms with Crippen LogP contribution in [0.2, 0.25) is 5.02 Å². The summed E-state index contributed by atoms with van der Waals surface area (Å²) >= 11 is 8.67. The second-order valence-corrected chi connectivity index (χ2v) is 13.6. The van der Waals surface area contributed by atoms with Gasteiger partial charge in [-0.05, 0) is 79.6 Å². The van der Waals surface area contributed by atoms with E-state index in [4.69, 9.17) is 21.3 Å². The third-order valence-corrected chi connectivity index (χ3v) is 10.6. The zero-order valence-corrected chi connectivity index (χ0v) is 29.0. The van der Waals surface area contributed by atoms with Crippen molar-refractivity contribution >= 4 is 63.1 Å². The highest BCUT2D eigenvalue weighted by atomic mass is 35.5. The van der Waals surface area contributed by atoms with Gasteiger partial charge in [0.05, 0.1) is 27.8 Å². The Morgan fingerprint density at radius 1 is 1.10 bits per heavy atom. The van der Waals surface area contributed by atoms with Crippen LogP contribution in [-0.2, 0) is 4.79 Å². The van der Waals surface area contributed by atoms with Crippen LogP contribution in [0, 0.1) is 10.1 Å². The van der Waals surface area contributed by atoms with Crippen molar-refractivity contribution in [2.45, 2.75) is 36.6 Å². The summed E-state index contributed by atoms with van der Waals surface area (Å²) in [5.74, 6) is 0.323. The van der Waals surface area contributed by atoms with Gasteiger partial charge in [0.2, 0.25) is 0 Å². The molecule has 5 aromatic rings. The summed E-state index contributed by atoms with van der Waals surface area (Å²) in [6.45, 7) is 6.59. The van der Waals surface area contributed by atoms with Crippen molar-refractivity contribution in [2.24, 2.45) is 4.99 Å². The number of methoxy groups -OCH3 is 1. The van der Waals surface area contributed by atoms with E-state index in [2.05, 4.69) is 0 Å². The van der Waals surface area contributed by atoms with Crippen LogP contribution in [0.1, 0.15) is 37.9 Å².